The van der Waals surface area contributed by atoms with Gasteiger partial charge in [-0.25, -0.2) is 5.48 Å². The van der Waals surface area contributed by atoms with E-state index in [-0.39, 0.29) is 5.91 Å². The number of amides is 1. The Morgan fingerprint density at radius 1 is 1.20 bits per heavy atom. The molecule has 1 heterocycles. The standard InChI is InChI=1S/C15H12N2O2S/c1-19-17-15(18)10-6-7-14-12(8-10)16-9-11-4-2-3-5-13(11)20-14/h2-9H,1H3,(H,17,18). The van der Waals surface area contributed by atoms with Crippen molar-refractivity contribution in [3.8, 4) is 0 Å². The number of benzene rings is 2. The van der Waals surface area contributed by atoms with Gasteiger partial charge in [-0.15, -0.1) is 0 Å². The van der Waals surface area contributed by atoms with Crippen LogP contribution < -0.4 is 5.48 Å². The Bertz CT molecular complexity index is 698. The minimum Gasteiger partial charge on any atom is -0.277 e. The predicted molar refractivity (Wildman–Crippen MR) is 78.7 cm³/mol. The van der Waals surface area contributed by atoms with Gasteiger partial charge in [0.15, 0.2) is 0 Å². The summed E-state index contributed by atoms with van der Waals surface area (Å²) in [4.78, 5) is 23.0. The number of hydrogen-bond donors (Lipinski definition) is 1. The minimum absolute atomic E-state index is 0.280. The summed E-state index contributed by atoms with van der Waals surface area (Å²) in [7, 11) is 1.41. The van der Waals surface area contributed by atoms with Crippen molar-refractivity contribution in [2.75, 3.05) is 7.11 Å². The molecule has 0 aliphatic carbocycles. The number of carbonyl (C=O) groups excluding carboxylic acids is 1. The first-order valence-corrected chi connectivity index (χ1v) is 6.88. The van der Waals surface area contributed by atoms with Crippen molar-refractivity contribution in [1.82, 2.24) is 5.48 Å². The van der Waals surface area contributed by atoms with Crippen LogP contribution in [0.4, 0.5) is 5.69 Å². The van der Waals surface area contributed by atoms with Crippen molar-refractivity contribution in [1.29, 1.82) is 0 Å². The number of nitrogens with zero attached hydrogens (tertiary/aromatic N) is 1. The average molecular weight is 284 g/mol. The van der Waals surface area contributed by atoms with Gasteiger partial charge in [0.1, 0.15) is 0 Å². The molecule has 0 spiro atoms. The Morgan fingerprint density at radius 2 is 2.05 bits per heavy atom. The molecule has 4 nitrogen and oxygen atoms in total. The Hall–Kier alpha value is -2.11. The van der Waals surface area contributed by atoms with Crippen molar-refractivity contribution in [3.05, 3.63) is 53.6 Å². The number of nitrogens with one attached hydrogen (secondary N) is 1. The van der Waals surface area contributed by atoms with E-state index in [0.717, 1.165) is 21.0 Å². The third-order valence-corrected chi connectivity index (χ3v) is 4.05. The highest BCUT2D eigenvalue weighted by molar-refractivity contribution is 7.99. The maximum atomic E-state index is 11.7. The number of hydroxylamine groups is 1. The minimum atomic E-state index is -0.280. The second-order valence-corrected chi connectivity index (χ2v) is 5.30. The van der Waals surface area contributed by atoms with E-state index in [1.54, 1.807) is 23.9 Å². The summed E-state index contributed by atoms with van der Waals surface area (Å²) in [6.07, 6.45) is 1.83. The quantitative estimate of drug-likeness (QED) is 0.735. The molecule has 2 aromatic rings. The van der Waals surface area contributed by atoms with E-state index in [9.17, 15) is 4.79 Å². The zero-order chi connectivity index (χ0) is 13.9. The van der Waals surface area contributed by atoms with Crippen LogP contribution in [0.15, 0.2) is 57.2 Å². The molecule has 0 aromatic heterocycles. The molecular weight excluding hydrogens is 272 g/mol. The summed E-state index contributed by atoms with van der Waals surface area (Å²) in [5, 5.41) is 0. The van der Waals surface area contributed by atoms with Gasteiger partial charge >= 0.3 is 0 Å². The zero-order valence-electron chi connectivity index (χ0n) is 10.8. The molecule has 0 bridgehead atoms. The monoisotopic (exact) mass is 284 g/mol. The van der Waals surface area contributed by atoms with Gasteiger partial charge in [-0.1, -0.05) is 30.0 Å². The highest BCUT2D eigenvalue weighted by Gasteiger charge is 2.13. The molecule has 0 atom stereocenters. The molecule has 2 aromatic carbocycles. The van der Waals surface area contributed by atoms with E-state index < -0.39 is 0 Å². The summed E-state index contributed by atoms with van der Waals surface area (Å²) >= 11 is 1.65. The van der Waals surface area contributed by atoms with Crippen LogP contribution in [0.5, 0.6) is 0 Å². The topological polar surface area (TPSA) is 50.7 Å². The van der Waals surface area contributed by atoms with Gasteiger partial charge in [0, 0.05) is 27.1 Å². The molecule has 20 heavy (non-hydrogen) atoms. The molecule has 1 aliphatic rings. The van der Waals surface area contributed by atoms with Gasteiger partial charge < -0.3 is 0 Å². The summed E-state index contributed by atoms with van der Waals surface area (Å²) in [6.45, 7) is 0. The SMILES string of the molecule is CONC(=O)c1ccc2c(c1)N=Cc1ccccc1S2. The van der Waals surface area contributed by atoms with Crippen molar-refractivity contribution in [2.45, 2.75) is 9.79 Å². The van der Waals surface area contributed by atoms with Crippen LogP contribution in [0, 0.1) is 0 Å². The lowest BCUT2D eigenvalue weighted by molar-refractivity contribution is 0.0537. The van der Waals surface area contributed by atoms with Crippen molar-refractivity contribution < 1.29 is 9.63 Å². The largest absolute Gasteiger partial charge is 0.277 e. The molecular formula is C15H12N2O2S. The van der Waals surface area contributed by atoms with Crippen molar-refractivity contribution in [2.24, 2.45) is 4.99 Å². The fraction of sp³-hybridized carbons (Fsp3) is 0.0667. The lowest BCUT2D eigenvalue weighted by Crippen LogP contribution is -2.21. The van der Waals surface area contributed by atoms with Gasteiger partial charge in [-0.3, -0.25) is 14.6 Å². The van der Waals surface area contributed by atoms with Crippen LogP contribution in [-0.2, 0) is 4.84 Å². The van der Waals surface area contributed by atoms with E-state index >= 15 is 0 Å². The normalized spacial score (nSPS) is 12.2. The van der Waals surface area contributed by atoms with Crippen molar-refractivity contribution in [3.63, 3.8) is 0 Å². The molecule has 1 amide bonds. The molecule has 0 radical (unpaired) electrons. The van der Waals surface area contributed by atoms with Crippen LogP contribution in [0.2, 0.25) is 0 Å². The highest BCUT2D eigenvalue weighted by Crippen LogP contribution is 2.39. The van der Waals surface area contributed by atoms with Crippen LogP contribution in [0.3, 0.4) is 0 Å². The molecule has 1 N–H and O–H groups in total. The lowest BCUT2D eigenvalue weighted by atomic mass is 10.2. The fourth-order valence-electron chi connectivity index (χ4n) is 1.94. The van der Waals surface area contributed by atoms with E-state index in [4.69, 9.17) is 0 Å². The van der Waals surface area contributed by atoms with Gasteiger partial charge in [0.05, 0.1) is 12.8 Å². The summed E-state index contributed by atoms with van der Waals surface area (Å²) < 4.78 is 0. The first kappa shape index (κ1) is 12.9. The maximum absolute atomic E-state index is 11.7. The molecule has 3 rings (SSSR count). The number of fused-ring (bicyclic) bond motifs is 2. The maximum Gasteiger partial charge on any atom is 0.274 e. The van der Waals surface area contributed by atoms with Crippen LogP contribution in [0.1, 0.15) is 15.9 Å². The summed E-state index contributed by atoms with van der Waals surface area (Å²) in [5.74, 6) is -0.280. The van der Waals surface area contributed by atoms with E-state index in [1.165, 1.54) is 7.11 Å². The van der Waals surface area contributed by atoms with Gasteiger partial charge in [-0.2, -0.15) is 0 Å². The number of rotatable bonds is 2. The number of carbonyl (C=O) groups is 1. The second-order valence-electron chi connectivity index (χ2n) is 4.22. The molecule has 0 fully saturated rings. The number of hydrogen-bond acceptors (Lipinski definition) is 4. The second kappa shape index (κ2) is 5.48. The molecule has 1 aliphatic heterocycles. The van der Waals surface area contributed by atoms with E-state index in [2.05, 4.69) is 21.4 Å². The van der Waals surface area contributed by atoms with Gasteiger partial charge in [0.25, 0.3) is 5.91 Å². The van der Waals surface area contributed by atoms with Crippen molar-refractivity contribution >= 4 is 29.6 Å². The first-order chi connectivity index (χ1) is 9.78. The Morgan fingerprint density at radius 3 is 2.90 bits per heavy atom. The molecule has 0 saturated carbocycles. The molecule has 100 valence electrons. The summed E-state index contributed by atoms with van der Waals surface area (Å²) in [6, 6.07) is 13.5. The van der Waals surface area contributed by atoms with Crippen LogP contribution in [0.25, 0.3) is 0 Å². The Kier molecular flexibility index (Phi) is 3.54. The predicted octanol–water partition coefficient (Wildman–Crippen LogP) is 3.19. The Balaban J connectivity index is 1.99. The van der Waals surface area contributed by atoms with Gasteiger partial charge in [-0.05, 0) is 24.3 Å². The number of aliphatic imine (C=N–C) groups is 1. The molecule has 5 heteroatoms. The average Bonchev–Trinajstić information content (AvgIpc) is 2.65. The summed E-state index contributed by atoms with van der Waals surface area (Å²) in [5.41, 5.74) is 4.69. The molecule has 0 saturated heterocycles. The molecule has 0 unspecified atom stereocenters. The fourth-order valence-corrected chi connectivity index (χ4v) is 2.91. The Labute approximate surface area is 120 Å². The van der Waals surface area contributed by atoms with Gasteiger partial charge in [0.2, 0.25) is 0 Å². The zero-order valence-corrected chi connectivity index (χ0v) is 11.6. The lowest BCUT2D eigenvalue weighted by Gasteiger charge is -2.06. The first-order valence-electron chi connectivity index (χ1n) is 6.06. The third-order valence-electron chi connectivity index (χ3n) is 2.90. The van der Waals surface area contributed by atoms with E-state index in [0.29, 0.717) is 5.56 Å². The van der Waals surface area contributed by atoms with Crippen LogP contribution in [-0.4, -0.2) is 19.2 Å². The van der Waals surface area contributed by atoms with E-state index in [1.807, 2.05) is 30.5 Å². The smallest absolute Gasteiger partial charge is 0.274 e. The third kappa shape index (κ3) is 2.45. The highest BCUT2D eigenvalue weighted by atomic mass is 32.2. The van der Waals surface area contributed by atoms with Crippen LogP contribution >= 0.6 is 11.8 Å².